The lowest BCUT2D eigenvalue weighted by atomic mass is 9.95. The fraction of sp³-hybridized carbons (Fsp3) is 0.462. The molecular formula is C13H18N4O. The molecule has 0 aliphatic heterocycles. The van der Waals surface area contributed by atoms with Crippen molar-refractivity contribution in [2.24, 2.45) is 5.84 Å². The number of fused-ring (bicyclic) bond motifs is 1. The van der Waals surface area contributed by atoms with E-state index < -0.39 is 0 Å². The number of phenolic OH excluding ortho intramolecular Hbond substituents is 1. The number of aromatic hydroxyl groups is 1. The number of phenols is 1. The third kappa shape index (κ3) is 1.80. The highest BCUT2D eigenvalue weighted by Gasteiger charge is 2.21. The molecule has 96 valence electrons. The number of nitrogens with zero attached hydrogens (tertiary/aromatic N) is 2. The van der Waals surface area contributed by atoms with Crippen LogP contribution >= 0.6 is 0 Å². The molecule has 1 aromatic heterocycles. The molecule has 5 nitrogen and oxygen atoms in total. The van der Waals surface area contributed by atoms with Crippen molar-refractivity contribution in [2.45, 2.75) is 38.1 Å². The summed E-state index contributed by atoms with van der Waals surface area (Å²) in [6.07, 6.45) is 6.16. The third-order valence-corrected chi connectivity index (χ3v) is 3.74. The van der Waals surface area contributed by atoms with Crippen LogP contribution in [0.25, 0.3) is 11.0 Å². The molecule has 1 aromatic carbocycles. The van der Waals surface area contributed by atoms with Crippen LogP contribution in [0, 0.1) is 0 Å². The standard InChI is InChI=1S/C13H18N4O/c14-16-13-15-11-8-10(18)6-7-12(11)17(13)9-4-2-1-3-5-9/h6-9,18H,1-5,14H2,(H,15,16). The van der Waals surface area contributed by atoms with Crippen molar-refractivity contribution in [2.75, 3.05) is 5.43 Å². The number of nitrogens with one attached hydrogen (secondary N) is 1. The van der Waals surface area contributed by atoms with Crippen molar-refractivity contribution in [3.8, 4) is 5.75 Å². The van der Waals surface area contributed by atoms with Crippen LogP contribution in [-0.2, 0) is 0 Å². The molecule has 3 rings (SSSR count). The van der Waals surface area contributed by atoms with Crippen molar-refractivity contribution in [1.29, 1.82) is 0 Å². The maximum Gasteiger partial charge on any atom is 0.218 e. The fourth-order valence-corrected chi connectivity index (χ4v) is 2.90. The van der Waals surface area contributed by atoms with E-state index in [0.717, 1.165) is 11.0 Å². The van der Waals surface area contributed by atoms with E-state index >= 15 is 0 Å². The van der Waals surface area contributed by atoms with Crippen molar-refractivity contribution in [1.82, 2.24) is 9.55 Å². The number of nitrogens with two attached hydrogens (primary N) is 1. The molecular weight excluding hydrogens is 228 g/mol. The van der Waals surface area contributed by atoms with Gasteiger partial charge in [0, 0.05) is 12.1 Å². The number of nitrogen functional groups attached to an aromatic ring is 1. The van der Waals surface area contributed by atoms with Gasteiger partial charge in [0.05, 0.1) is 11.0 Å². The summed E-state index contributed by atoms with van der Waals surface area (Å²) in [5, 5.41) is 9.51. The smallest absolute Gasteiger partial charge is 0.218 e. The van der Waals surface area contributed by atoms with Gasteiger partial charge in [-0.2, -0.15) is 0 Å². The Morgan fingerprint density at radius 2 is 2.06 bits per heavy atom. The van der Waals surface area contributed by atoms with Crippen LogP contribution in [0.4, 0.5) is 5.95 Å². The van der Waals surface area contributed by atoms with E-state index in [1.165, 1.54) is 32.1 Å². The predicted molar refractivity (Wildman–Crippen MR) is 71.3 cm³/mol. The topological polar surface area (TPSA) is 76.1 Å². The summed E-state index contributed by atoms with van der Waals surface area (Å²) in [5.74, 6) is 6.48. The molecule has 1 aliphatic carbocycles. The highest BCUT2D eigenvalue weighted by Crippen LogP contribution is 2.34. The van der Waals surface area contributed by atoms with Gasteiger partial charge in [-0.05, 0) is 25.0 Å². The van der Waals surface area contributed by atoms with Gasteiger partial charge in [-0.3, -0.25) is 5.43 Å². The highest BCUT2D eigenvalue weighted by molar-refractivity contribution is 5.80. The molecule has 0 saturated heterocycles. The van der Waals surface area contributed by atoms with E-state index in [1.807, 2.05) is 6.07 Å². The summed E-state index contributed by atoms with van der Waals surface area (Å²) in [6, 6.07) is 5.74. The molecule has 0 bridgehead atoms. The monoisotopic (exact) mass is 246 g/mol. The van der Waals surface area contributed by atoms with E-state index in [1.54, 1.807) is 12.1 Å². The average Bonchev–Trinajstić information content (AvgIpc) is 2.77. The number of rotatable bonds is 2. The Balaban J connectivity index is 2.12. The first kappa shape index (κ1) is 11.3. The molecule has 5 heteroatoms. The molecule has 1 saturated carbocycles. The lowest BCUT2D eigenvalue weighted by Crippen LogP contribution is -2.18. The van der Waals surface area contributed by atoms with Crippen molar-refractivity contribution in [3.05, 3.63) is 18.2 Å². The van der Waals surface area contributed by atoms with E-state index in [0.29, 0.717) is 12.0 Å². The van der Waals surface area contributed by atoms with E-state index in [2.05, 4.69) is 15.0 Å². The number of imidazole rings is 1. The van der Waals surface area contributed by atoms with E-state index in [-0.39, 0.29) is 5.75 Å². The van der Waals surface area contributed by atoms with Crippen LogP contribution in [0.1, 0.15) is 38.1 Å². The Bertz CT molecular complexity index is 557. The van der Waals surface area contributed by atoms with Crippen molar-refractivity contribution in [3.63, 3.8) is 0 Å². The maximum atomic E-state index is 9.51. The summed E-state index contributed by atoms with van der Waals surface area (Å²) in [6.45, 7) is 0. The first-order valence-electron chi connectivity index (χ1n) is 6.47. The van der Waals surface area contributed by atoms with Crippen LogP contribution in [-0.4, -0.2) is 14.7 Å². The first-order valence-corrected chi connectivity index (χ1v) is 6.47. The van der Waals surface area contributed by atoms with Gasteiger partial charge in [0.2, 0.25) is 5.95 Å². The third-order valence-electron chi connectivity index (χ3n) is 3.74. The molecule has 1 aliphatic rings. The molecule has 1 fully saturated rings. The Morgan fingerprint density at radius 3 is 2.78 bits per heavy atom. The van der Waals surface area contributed by atoms with E-state index in [9.17, 15) is 5.11 Å². The zero-order valence-electron chi connectivity index (χ0n) is 10.3. The molecule has 0 spiro atoms. The zero-order valence-corrected chi connectivity index (χ0v) is 10.3. The second-order valence-electron chi connectivity index (χ2n) is 4.91. The Hall–Kier alpha value is -1.75. The minimum absolute atomic E-state index is 0.236. The van der Waals surface area contributed by atoms with Crippen LogP contribution < -0.4 is 11.3 Å². The Kier molecular flexibility index (Phi) is 2.83. The number of anilines is 1. The minimum atomic E-state index is 0.236. The lowest BCUT2D eigenvalue weighted by molar-refractivity contribution is 0.362. The molecule has 2 aromatic rings. The number of hydrogen-bond donors (Lipinski definition) is 3. The molecule has 1 heterocycles. The number of hydrogen-bond acceptors (Lipinski definition) is 4. The van der Waals surface area contributed by atoms with E-state index in [4.69, 9.17) is 5.84 Å². The SMILES string of the molecule is NNc1nc2cc(O)ccc2n1C1CCCCC1. The normalized spacial score (nSPS) is 17.2. The summed E-state index contributed by atoms with van der Waals surface area (Å²) >= 11 is 0. The van der Waals surface area contributed by atoms with Crippen LogP contribution in [0.15, 0.2) is 18.2 Å². The summed E-state index contributed by atoms with van der Waals surface area (Å²) in [5.41, 5.74) is 4.49. The van der Waals surface area contributed by atoms with Crippen LogP contribution in [0.2, 0.25) is 0 Å². The van der Waals surface area contributed by atoms with Gasteiger partial charge >= 0.3 is 0 Å². The summed E-state index contributed by atoms with van der Waals surface area (Å²) in [4.78, 5) is 4.43. The second-order valence-corrected chi connectivity index (χ2v) is 4.91. The largest absolute Gasteiger partial charge is 0.508 e. The first-order chi connectivity index (χ1) is 8.79. The second kappa shape index (κ2) is 4.49. The number of aromatic nitrogens is 2. The summed E-state index contributed by atoms with van der Waals surface area (Å²) in [7, 11) is 0. The maximum absolute atomic E-state index is 9.51. The molecule has 0 atom stereocenters. The minimum Gasteiger partial charge on any atom is -0.508 e. The quantitative estimate of drug-likeness (QED) is 0.562. The average molecular weight is 246 g/mol. The zero-order chi connectivity index (χ0) is 12.5. The van der Waals surface area contributed by atoms with Gasteiger partial charge in [0.15, 0.2) is 0 Å². The predicted octanol–water partition coefficient (Wildman–Crippen LogP) is 2.53. The van der Waals surface area contributed by atoms with Gasteiger partial charge in [-0.1, -0.05) is 19.3 Å². The van der Waals surface area contributed by atoms with Gasteiger partial charge < -0.3 is 9.67 Å². The van der Waals surface area contributed by atoms with Crippen LogP contribution in [0.3, 0.4) is 0 Å². The van der Waals surface area contributed by atoms with Gasteiger partial charge in [0.1, 0.15) is 5.75 Å². The van der Waals surface area contributed by atoms with Crippen LogP contribution in [0.5, 0.6) is 5.75 Å². The molecule has 4 N–H and O–H groups in total. The lowest BCUT2D eigenvalue weighted by Gasteiger charge is -2.25. The van der Waals surface area contributed by atoms with Crippen molar-refractivity contribution < 1.29 is 5.11 Å². The Morgan fingerprint density at radius 1 is 1.28 bits per heavy atom. The number of benzene rings is 1. The molecule has 0 unspecified atom stereocenters. The van der Waals surface area contributed by atoms with Gasteiger partial charge in [-0.15, -0.1) is 0 Å². The fourth-order valence-electron chi connectivity index (χ4n) is 2.90. The summed E-state index contributed by atoms with van der Waals surface area (Å²) < 4.78 is 2.17. The Labute approximate surface area is 106 Å². The molecule has 0 amide bonds. The van der Waals surface area contributed by atoms with Gasteiger partial charge in [0.25, 0.3) is 0 Å². The molecule has 18 heavy (non-hydrogen) atoms. The highest BCUT2D eigenvalue weighted by atomic mass is 16.3. The van der Waals surface area contributed by atoms with Gasteiger partial charge in [-0.25, -0.2) is 10.8 Å². The number of hydrazine groups is 1. The van der Waals surface area contributed by atoms with Crippen molar-refractivity contribution >= 4 is 17.0 Å². The molecule has 0 radical (unpaired) electrons.